The van der Waals surface area contributed by atoms with E-state index in [9.17, 15) is 0 Å². The van der Waals surface area contributed by atoms with Gasteiger partial charge in [-0.1, -0.05) is 44.5 Å². The Kier molecular flexibility index (Phi) is 4.42. The third-order valence-corrected chi connectivity index (χ3v) is 3.87. The lowest BCUT2D eigenvalue weighted by atomic mass is 10.1. The summed E-state index contributed by atoms with van der Waals surface area (Å²) in [5.41, 5.74) is 4.71. The highest BCUT2D eigenvalue weighted by atomic mass is 14.9. The average Bonchev–Trinajstić information content (AvgIpc) is 2.55. The number of hydrogen-bond donors (Lipinski definition) is 0. The van der Waals surface area contributed by atoms with E-state index in [2.05, 4.69) is 43.1 Å². The van der Waals surface area contributed by atoms with Crippen molar-refractivity contribution in [2.45, 2.75) is 39.5 Å². The van der Waals surface area contributed by atoms with E-state index in [1.54, 1.807) is 0 Å². The molecular formula is C19H21N3. The second kappa shape index (κ2) is 6.65. The monoisotopic (exact) mass is 291 g/mol. The van der Waals surface area contributed by atoms with Crippen LogP contribution < -0.4 is 0 Å². The number of benzene rings is 1. The minimum absolute atomic E-state index is 0.773. The summed E-state index contributed by atoms with van der Waals surface area (Å²) in [6, 6.07) is 10.7. The molecule has 3 aromatic rings. The van der Waals surface area contributed by atoms with E-state index >= 15 is 0 Å². The van der Waals surface area contributed by atoms with Gasteiger partial charge in [-0.15, -0.1) is 0 Å². The van der Waals surface area contributed by atoms with E-state index < -0.39 is 0 Å². The van der Waals surface area contributed by atoms with Crippen LogP contribution in [0.2, 0.25) is 0 Å². The Hall–Kier alpha value is -2.29. The minimum Gasteiger partial charge on any atom is -0.262 e. The number of pyridine rings is 1. The van der Waals surface area contributed by atoms with Crippen molar-refractivity contribution in [1.29, 1.82) is 0 Å². The van der Waals surface area contributed by atoms with Crippen LogP contribution in [0, 0.1) is 0 Å². The minimum atomic E-state index is 0.773. The predicted octanol–water partition coefficient (Wildman–Crippen LogP) is 4.13. The summed E-state index contributed by atoms with van der Waals surface area (Å²) in [5, 5.41) is 1.13. The van der Waals surface area contributed by atoms with Crippen LogP contribution in [0.1, 0.15) is 42.9 Å². The van der Waals surface area contributed by atoms with Gasteiger partial charge in [0, 0.05) is 18.0 Å². The number of rotatable bonds is 5. The van der Waals surface area contributed by atoms with Crippen molar-refractivity contribution in [3.8, 4) is 0 Å². The summed E-state index contributed by atoms with van der Waals surface area (Å²) < 4.78 is 0. The summed E-state index contributed by atoms with van der Waals surface area (Å²) in [6.07, 6.45) is 7.54. The molecule has 112 valence electrons. The van der Waals surface area contributed by atoms with E-state index in [1.807, 2.05) is 18.5 Å². The van der Waals surface area contributed by atoms with Crippen LogP contribution in [-0.4, -0.2) is 15.0 Å². The molecule has 0 N–H and O–H groups in total. The van der Waals surface area contributed by atoms with Gasteiger partial charge < -0.3 is 0 Å². The molecule has 3 rings (SSSR count). The smallest absolute Gasteiger partial charge is 0.133 e. The number of hydrogen-bond acceptors (Lipinski definition) is 3. The lowest BCUT2D eigenvalue weighted by molar-refractivity contribution is 0.858. The normalized spacial score (nSPS) is 11.0. The fraction of sp³-hybridized carbons (Fsp3) is 0.316. The van der Waals surface area contributed by atoms with Crippen LogP contribution in [0.5, 0.6) is 0 Å². The van der Waals surface area contributed by atoms with Gasteiger partial charge in [-0.3, -0.25) is 4.98 Å². The fourth-order valence-corrected chi connectivity index (χ4v) is 2.75. The first-order chi connectivity index (χ1) is 10.8. The number of nitrogens with zero attached hydrogens (tertiary/aromatic N) is 3. The quantitative estimate of drug-likeness (QED) is 0.709. The van der Waals surface area contributed by atoms with Crippen LogP contribution >= 0.6 is 0 Å². The van der Waals surface area contributed by atoms with Crippen molar-refractivity contribution < 1.29 is 0 Å². The van der Waals surface area contributed by atoms with Crippen molar-refractivity contribution in [2.75, 3.05) is 0 Å². The first-order valence-electron chi connectivity index (χ1n) is 7.97. The molecule has 2 heterocycles. The van der Waals surface area contributed by atoms with E-state index in [4.69, 9.17) is 9.97 Å². The maximum Gasteiger partial charge on any atom is 0.133 e. The van der Waals surface area contributed by atoms with Gasteiger partial charge in [-0.2, -0.15) is 0 Å². The highest BCUT2D eigenvalue weighted by Gasteiger charge is 2.08. The molecule has 0 unspecified atom stereocenters. The lowest BCUT2D eigenvalue weighted by Gasteiger charge is -2.08. The van der Waals surface area contributed by atoms with Gasteiger partial charge in [0.25, 0.3) is 0 Å². The molecule has 0 radical (unpaired) electrons. The van der Waals surface area contributed by atoms with Crippen molar-refractivity contribution in [3.05, 3.63) is 65.4 Å². The zero-order valence-electron chi connectivity index (χ0n) is 13.2. The predicted molar refractivity (Wildman–Crippen MR) is 90.0 cm³/mol. The van der Waals surface area contributed by atoms with E-state index in [-0.39, 0.29) is 0 Å². The maximum atomic E-state index is 4.80. The Balaban J connectivity index is 1.99. The first kappa shape index (κ1) is 14.6. The average molecular weight is 291 g/mol. The molecule has 3 heteroatoms. The highest BCUT2D eigenvalue weighted by Crippen LogP contribution is 2.18. The zero-order valence-corrected chi connectivity index (χ0v) is 13.2. The zero-order chi connectivity index (χ0) is 15.4. The van der Waals surface area contributed by atoms with Crippen LogP contribution in [0.25, 0.3) is 10.9 Å². The molecule has 2 aromatic heterocycles. The molecule has 0 aliphatic rings. The van der Waals surface area contributed by atoms with Gasteiger partial charge in [-0.25, -0.2) is 9.97 Å². The van der Waals surface area contributed by atoms with Gasteiger partial charge in [-0.05, 0) is 30.0 Å². The number of aromatic nitrogens is 3. The fourth-order valence-electron chi connectivity index (χ4n) is 2.75. The van der Waals surface area contributed by atoms with Crippen LogP contribution in [-0.2, 0) is 19.3 Å². The van der Waals surface area contributed by atoms with Gasteiger partial charge in [0.2, 0.25) is 0 Å². The Bertz CT molecular complexity index is 780. The Morgan fingerprint density at radius 2 is 1.86 bits per heavy atom. The summed E-state index contributed by atoms with van der Waals surface area (Å²) >= 11 is 0. The summed E-state index contributed by atoms with van der Waals surface area (Å²) in [6.45, 7) is 4.36. The molecule has 0 aliphatic carbocycles. The van der Waals surface area contributed by atoms with Crippen LogP contribution in [0.15, 0.2) is 42.7 Å². The molecule has 1 aromatic carbocycles. The van der Waals surface area contributed by atoms with Crippen LogP contribution in [0.3, 0.4) is 0 Å². The standard InChI is InChI=1S/C19H21N3/c1-3-6-17-16-9-10-20-13-18(16)22-19(21-17)12-15-8-5-7-14(4-2)11-15/h5,7-11,13H,3-4,6,12H2,1-2H3. The number of aryl methyl sites for hydroxylation is 2. The second-order valence-electron chi connectivity index (χ2n) is 5.58. The van der Waals surface area contributed by atoms with E-state index in [1.165, 1.54) is 11.1 Å². The maximum absolute atomic E-state index is 4.80. The van der Waals surface area contributed by atoms with Crippen molar-refractivity contribution >= 4 is 10.9 Å². The first-order valence-corrected chi connectivity index (χ1v) is 7.97. The molecule has 0 spiro atoms. The third kappa shape index (κ3) is 3.14. The molecule has 3 nitrogen and oxygen atoms in total. The molecule has 0 atom stereocenters. The molecule has 0 aliphatic heterocycles. The van der Waals surface area contributed by atoms with Gasteiger partial charge >= 0.3 is 0 Å². The van der Waals surface area contributed by atoms with Crippen molar-refractivity contribution in [2.24, 2.45) is 0 Å². The summed E-state index contributed by atoms with van der Waals surface area (Å²) in [7, 11) is 0. The Morgan fingerprint density at radius 1 is 1.00 bits per heavy atom. The molecule has 0 amide bonds. The van der Waals surface area contributed by atoms with E-state index in [0.29, 0.717) is 0 Å². The van der Waals surface area contributed by atoms with E-state index in [0.717, 1.165) is 48.1 Å². The Morgan fingerprint density at radius 3 is 2.68 bits per heavy atom. The summed E-state index contributed by atoms with van der Waals surface area (Å²) in [5.74, 6) is 0.886. The van der Waals surface area contributed by atoms with Gasteiger partial charge in [0.1, 0.15) is 5.82 Å². The van der Waals surface area contributed by atoms with Crippen molar-refractivity contribution in [3.63, 3.8) is 0 Å². The molecule has 0 saturated carbocycles. The molecule has 0 bridgehead atoms. The topological polar surface area (TPSA) is 38.7 Å². The second-order valence-corrected chi connectivity index (χ2v) is 5.58. The molecular weight excluding hydrogens is 270 g/mol. The largest absolute Gasteiger partial charge is 0.262 e. The molecule has 22 heavy (non-hydrogen) atoms. The molecule has 0 fully saturated rings. The highest BCUT2D eigenvalue weighted by molar-refractivity contribution is 5.79. The van der Waals surface area contributed by atoms with Crippen LogP contribution in [0.4, 0.5) is 0 Å². The van der Waals surface area contributed by atoms with Gasteiger partial charge in [0.15, 0.2) is 0 Å². The van der Waals surface area contributed by atoms with Crippen molar-refractivity contribution in [1.82, 2.24) is 15.0 Å². The van der Waals surface area contributed by atoms with Gasteiger partial charge in [0.05, 0.1) is 17.4 Å². The molecule has 0 saturated heterocycles. The summed E-state index contributed by atoms with van der Waals surface area (Å²) in [4.78, 5) is 13.7. The Labute approximate surface area is 131 Å². The SMILES string of the molecule is CCCc1nc(Cc2cccc(CC)c2)nc2cnccc12. The lowest BCUT2D eigenvalue weighted by Crippen LogP contribution is -2.03. The number of fused-ring (bicyclic) bond motifs is 1. The third-order valence-electron chi connectivity index (χ3n) is 3.87.